The van der Waals surface area contributed by atoms with Gasteiger partial charge in [0.1, 0.15) is 12.7 Å². The minimum Gasteiger partial charge on any atom is -0.465 e. The average Bonchev–Trinajstić information content (AvgIpc) is 2.80. The molecular formula is C29H47NO5. The molecule has 1 aromatic carbocycles. The Hall–Kier alpha value is -1.92. The average molecular weight is 490 g/mol. The number of esters is 2. The molecule has 198 valence electrons. The van der Waals surface area contributed by atoms with Crippen LogP contribution in [-0.4, -0.2) is 55.8 Å². The molecule has 6 nitrogen and oxygen atoms in total. The van der Waals surface area contributed by atoms with Gasteiger partial charge in [-0.15, -0.1) is 0 Å². The van der Waals surface area contributed by atoms with Crippen LogP contribution >= 0.6 is 0 Å². The van der Waals surface area contributed by atoms with Gasteiger partial charge >= 0.3 is 11.9 Å². The second-order valence-electron chi connectivity index (χ2n) is 11.1. The summed E-state index contributed by atoms with van der Waals surface area (Å²) in [5.74, 6) is 0.738. The molecule has 1 aromatic rings. The normalized spacial score (nSPS) is 32.2. The van der Waals surface area contributed by atoms with Crippen LogP contribution < -0.4 is 0 Å². The van der Waals surface area contributed by atoms with E-state index in [0.717, 1.165) is 31.4 Å². The van der Waals surface area contributed by atoms with E-state index < -0.39 is 12.1 Å². The summed E-state index contributed by atoms with van der Waals surface area (Å²) in [6.07, 6.45) is 2.66. The molecule has 1 saturated heterocycles. The van der Waals surface area contributed by atoms with Gasteiger partial charge in [-0.2, -0.15) is 0 Å². The van der Waals surface area contributed by atoms with Crippen LogP contribution in [0.4, 0.5) is 0 Å². The lowest BCUT2D eigenvalue weighted by Crippen LogP contribution is -2.47. The Morgan fingerprint density at radius 3 is 2.29 bits per heavy atom. The number of hydrogen-bond donors (Lipinski definition) is 0. The van der Waals surface area contributed by atoms with Gasteiger partial charge < -0.3 is 14.2 Å². The molecule has 0 saturated carbocycles. The number of nitrogens with zero attached hydrogens (tertiary/aromatic N) is 1. The van der Waals surface area contributed by atoms with E-state index in [-0.39, 0.29) is 37.1 Å². The molecule has 0 aromatic heterocycles. The van der Waals surface area contributed by atoms with E-state index in [9.17, 15) is 9.59 Å². The number of cyclic esters (lactones) is 1. The van der Waals surface area contributed by atoms with Crippen molar-refractivity contribution in [3.8, 4) is 0 Å². The SMILES string of the molecule is CC1CC(C)CC(C)C(=O)OCC(C)C(OC(=O)COCc2ccccc2)C(C)N(C)CC(C)C1. The van der Waals surface area contributed by atoms with Crippen molar-refractivity contribution in [1.82, 2.24) is 4.90 Å². The van der Waals surface area contributed by atoms with Crippen LogP contribution in [0, 0.1) is 29.6 Å². The van der Waals surface area contributed by atoms with Gasteiger partial charge in [0, 0.05) is 18.5 Å². The Balaban J connectivity index is 2.08. The second kappa shape index (κ2) is 14.6. The lowest BCUT2D eigenvalue weighted by Gasteiger charge is -2.36. The first-order chi connectivity index (χ1) is 16.6. The molecule has 0 amide bonds. The van der Waals surface area contributed by atoms with Crippen LogP contribution in [0.15, 0.2) is 30.3 Å². The number of benzene rings is 1. The van der Waals surface area contributed by atoms with Crippen LogP contribution in [-0.2, 0) is 30.4 Å². The fourth-order valence-electron chi connectivity index (χ4n) is 5.40. The van der Waals surface area contributed by atoms with Gasteiger partial charge in [0.2, 0.25) is 0 Å². The molecule has 7 atom stereocenters. The van der Waals surface area contributed by atoms with E-state index >= 15 is 0 Å². The first-order valence-electron chi connectivity index (χ1n) is 13.2. The third-order valence-electron chi connectivity index (χ3n) is 7.19. The first-order valence-corrected chi connectivity index (χ1v) is 13.2. The fraction of sp³-hybridized carbons (Fsp3) is 0.724. The molecule has 0 aliphatic carbocycles. The zero-order valence-electron chi connectivity index (χ0n) is 22.9. The molecule has 0 radical (unpaired) electrons. The van der Waals surface area contributed by atoms with Crippen LogP contribution in [0.25, 0.3) is 0 Å². The molecule has 0 N–H and O–H groups in total. The van der Waals surface area contributed by atoms with Crippen LogP contribution in [0.3, 0.4) is 0 Å². The van der Waals surface area contributed by atoms with Crippen molar-refractivity contribution in [3.05, 3.63) is 35.9 Å². The Morgan fingerprint density at radius 2 is 1.60 bits per heavy atom. The zero-order valence-corrected chi connectivity index (χ0v) is 22.9. The van der Waals surface area contributed by atoms with E-state index in [1.807, 2.05) is 44.2 Å². The Labute approximate surface area is 212 Å². The lowest BCUT2D eigenvalue weighted by atomic mass is 9.85. The maximum absolute atomic E-state index is 12.7. The quantitative estimate of drug-likeness (QED) is 0.520. The Bertz CT molecular complexity index is 770. The van der Waals surface area contributed by atoms with Gasteiger partial charge in [-0.25, -0.2) is 4.79 Å². The number of likely N-dealkylation sites (N-methyl/N-ethyl adjacent to an activating group) is 1. The second-order valence-corrected chi connectivity index (χ2v) is 11.1. The van der Waals surface area contributed by atoms with Gasteiger partial charge in [-0.05, 0) is 56.6 Å². The topological polar surface area (TPSA) is 65.1 Å². The van der Waals surface area contributed by atoms with Crippen molar-refractivity contribution in [2.45, 2.75) is 79.6 Å². The smallest absolute Gasteiger partial charge is 0.332 e. The van der Waals surface area contributed by atoms with Crippen molar-refractivity contribution in [2.75, 3.05) is 26.8 Å². The number of rotatable bonds is 5. The standard InChI is InChI=1S/C29H47NO5/c1-20-13-21(2)15-23(4)29(32)34-17-24(5)28(25(6)30(7)16-22(3)14-20)35-27(31)19-33-18-26-11-9-8-10-12-26/h8-12,20-25,28H,13-19H2,1-7H3. The molecule has 7 unspecified atom stereocenters. The molecule has 0 spiro atoms. The fourth-order valence-corrected chi connectivity index (χ4v) is 5.40. The van der Waals surface area contributed by atoms with E-state index in [1.165, 1.54) is 0 Å². The zero-order chi connectivity index (χ0) is 26.0. The van der Waals surface area contributed by atoms with Gasteiger partial charge in [-0.3, -0.25) is 9.69 Å². The van der Waals surface area contributed by atoms with E-state index in [0.29, 0.717) is 24.4 Å². The first kappa shape index (κ1) is 29.3. The molecule has 1 fully saturated rings. The molecule has 2 rings (SSSR count). The largest absolute Gasteiger partial charge is 0.465 e. The van der Waals surface area contributed by atoms with Gasteiger partial charge in [0.05, 0.1) is 19.1 Å². The van der Waals surface area contributed by atoms with Crippen LogP contribution in [0.2, 0.25) is 0 Å². The highest BCUT2D eigenvalue weighted by Gasteiger charge is 2.32. The number of ether oxygens (including phenoxy) is 3. The summed E-state index contributed by atoms with van der Waals surface area (Å²) in [6, 6.07) is 9.73. The summed E-state index contributed by atoms with van der Waals surface area (Å²) in [5, 5.41) is 0. The van der Waals surface area contributed by atoms with Gasteiger partial charge in [0.25, 0.3) is 0 Å². The Morgan fingerprint density at radius 1 is 0.971 bits per heavy atom. The maximum atomic E-state index is 12.7. The summed E-state index contributed by atoms with van der Waals surface area (Å²) in [6.45, 7) is 14.2. The number of carbonyl (C=O) groups is 2. The summed E-state index contributed by atoms with van der Waals surface area (Å²) < 4.78 is 17.2. The van der Waals surface area contributed by atoms with E-state index in [1.54, 1.807) is 0 Å². The van der Waals surface area contributed by atoms with Crippen molar-refractivity contribution < 1.29 is 23.8 Å². The third-order valence-corrected chi connectivity index (χ3v) is 7.19. The predicted molar refractivity (Wildman–Crippen MR) is 139 cm³/mol. The number of carbonyl (C=O) groups excluding carboxylic acids is 2. The van der Waals surface area contributed by atoms with E-state index in [4.69, 9.17) is 14.2 Å². The molecular weight excluding hydrogens is 442 g/mol. The molecule has 1 aliphatic heterocycles. The Kier molecular flexibility index (Phi) is 12.2. The maximum Gasteiger partial charge on any atom is 0.332 e. The highest BCUT2D eigenvalue weighted by molar-refractivity contribution is 5.72. The van der Waals surface area contributed by atoms with Gasteiger partial charge in [-0.1, -0.05) is 65.0 Å². The summed E-state index contributed by atoms with van der Waals surface area (Å²) >= 11 is 0. The van der Waals surface area contributed by atoms with Crippen molar-refractivity contribution in [2.24, 2.45) is 29.6 Å². The minimum absolute atomic E-state index is 0.0268. The summed E-state index contributed by atoms with van der Waals surface area (Å²) in [5.41, 5.74) is 1.01. The lowest BCUT2D eigenvalue weighted by molar-refractivity contribution is -0.164. The summed E-state index contributed by atoms with van der Waals surface area (Å²) in [4.78, 5) is 27.6. The highest BCUT2D eigenvalue weighted by atomic mass is 16.6. The molecule has 0 bridgehead atoms. The van der Waals surface area contributed by atoms with E-state index in [2.05, 4.69) is 39.6 Å². The number of hydrogen-bond acceptors (Lipinski definition) is 6. The monoisotopic (exact) mass is 489 g/mol. The van der Waals surface area contributed by atoms with Crippen LogP contribution in [0.5, 0.6) is 0 Å². The molecule has 6 heteroatoms. The van der Waals surface area contributed by atoms with Gasteiger partial charge in [0.15, 0.2) is 0 Å². The van der Waals surface area contributed by atoms with Crippen molar-refractivity contribution in [1.29, 1.82) is 0 Å². The molecule has 1 aliphatic rings. The highest BCUT2D eigenvalue weighted by Crippen LogP contribution is 2.27. The minimum atomic E-state index is -0.412. The predicted octanol–water partition coefficient (Wildman–Crippen LogP) is 5.34. The molecule has 1 heterocycles. The third kappa shape index (κ3) is 10.3. The molecule has 35 heavy (non-hydrogen) atoms. The van der Waals surface area contributed by atoms with Crippen molar-refractivity contribution >= 4 is 11.9 Å². The van der Waals surface area contributed by atoms with Crippen LogP contribution in [0.1, 0.15) is 66.4 Å². The summed E-state index contributed by atoms with van der Waals surface area (Å²) in [7, 11) is 2.08. The van der Waals surface area contributed by atoms with Crippen molar-refractivity contribution in [3.63, 3.8) is 0 Å².